The summed E-state index contributed by atoms with van der Waals surface area (Å²) < 4.78 is 11.2. The van der Waals surface area contributed by atoms with Crippen molar-refractivity contribution < 1.29 is 19.1 Å². The molecule has 2 spiro atoms. The van der Waals surface area contributed by atoms with E-state index in [0.717, 1.165) is 58.7 Å². The highest BCUT2D eigenvalue weighted by atomic mass is 16.6. The molecule has 2 amide bonds. The third kappa shape index (κ3) is 2.57. The fourth-order valence-corrected chi connectivity index (χ4v) is 5.28. The van der Waals surface area contributed by atoms with Crippen molar-refractivity contribution in [2.24, 2.45) is 5.92 Å². The van der Waals surface area contributed by atoms with E-state index in [0.29, 0.717) is 18.5 Å². The van der Waals surface area contributed by atoms with Gasteiger partial charge in [-0.15, -0.1) is 0 Å². The van der Waals surface area contributed by atoms with Gasteiger partial charge in [0.1, 0.15) is 0 Å². The fourth-order valence-electron chi connectivity index (χ4n) is 5.28. The number of ether oxygens (including phenoxy) is 2. The van der Waals surface area contributed by atoms with Crippen molar-refractivity contribution in [3.05, 3.63) is 0 Å². The molecule has 8 nitrogen and oxygen atoms in total. The monoisotopic (exact) mass is 364 g/mol. The summed E-state index contributed by atoms with van der Waals surface area (Å²) >= 11 is 0. The molecule has 0 aromatic heterocycles. The van der Waals surface area contributed by atoms with Crippen molar-refractivity contribution >= 4 is 12.2 Å². The van der Waals surface area contributed by atoms with E-state index in [1.54, 1.807) is 11.9 Å². The van der Waals surface area contributed by atoms with Crippen LogP contribution in [0.1, 0.15) is 19.8 Å². The summed E-state index contributed by atoms with van der Waals surface area (Å²) in [6.45, 7) is 8.89. The van der Waals surface area contributed by atoms with Crippen LogP contribution in [0.4, 0.5) is 9.59 Å². The van der Waals surface area contributed by atoms with E-state index in [2.05, 4.69) is 16.7 Å². The van der Waals surface area contributed by atoms with Gasteiger partial charge in [-0.2, -0.15) is 0 Å². The van der Waals surface area contributed by atoms with Crippen LogP contribution in [0.5, 0.6) is 0 Å². The molecule has 4 saturated heterocycles. The van der Waals surface area contributed by atoms with Crippen molar-refractivity contribution in [3.63, 3.8) is 0 Å². The lowest BCUT2D eigenvalue weighted by atomic mass is 9.93. The van der Waals surface area contributed by atoms with Gasteiger partial charge in [0.05, 0.1) is 13.1 Å². The van der Waals surface area contributed by atoms with Crippen LogP contribution in [-0.2, 0) is 9.47 Å². The first kappa shape index (κ1) is 16.6. The van der Waals surface area contributed by atoms with Crippen molar-refractivity contribution in [2.45, 2.75) is 37.0 Å². The second-order valence-corrected chi connectivity index (χ2v) is 9.02. The SMILES string of the molecule is CCCN1CC2(C1)CN(CC1CC1N1CC3(CN(C)C(=O)O3)C1)C(=O)O2. The summed E-state index contributed by atoms with van der Waals surface area (Å²) in [5.41, 5.74) is -0.537. The maximum atomic E-state index is 12.3. The third-order valence-corrected chi connectivity index (χ3v) is 6.54. The molecule has 144 valence electrons. The van der Waals surface area contributed by atoms with Crippen LogP contribution in [0.2, 0.25) is 0 Å². The quantitative estimate of drug-likeness (QED) is 0.705. The molecule has 1 saturated carbocycles. The molecule has 2 atom stereocenters. The zero-order valence-corrected chi connectivity index (χ0v) is 15.6. The molecule has 0 aromatic rings. The Balaban J connectivity index is 1.09. The largest absolute Gasteiger partial charge is 0.438 e. The first-order valence-electron chi connectivity index (χ1n) is 9.79. The number of nitrogens with zero attached hydrogens (tertiary/aromatic N) is 4. The second kappa shape index (κ2) is 5.48. The third-order valence-electron chi connectivity index (χ3n) is 6.54. The van der Waals surface area contributed by atoms with Crippen molar-refractivity contribution in [1.82, 2.24) is 19.6 Å². The maximum absolute atomic E-state index is 12.3. The topological polar surface area (TPSA) is 65.6 Å². The van der Waals surface area contributed by atoms with Crippen molar-refractivity contribution in [3.8, 4) is 0 Å². The molecule has 5 aliphatic rings. The molecule has 5 rings (SSSR count). The van der Waals surface area contributed by atoms with Gasteiger partial charge in [0.15, 0.2) is 11.2 Å². The highest BCUT2D eigenvalue weighted by Gasteiger charge is 2.59. The summed E-state index contributed by atoms with van der Waals surface area (Å²) in [6, 6.07) is 0.521. The van der Waals surface area contributed by atoms with Crippen LogP contribution in [0.25, 0.3) is 0 Å². The molecule has 1 aliphatic carbocycles. The minimum atomic E-state index is -0.287. The molecular formula is C18H28N4O4. The van der Waals surface area contributed by atoms with E-state index in [4.69, 9.17) is 9.47 Å². The van der Waals surface area contributed by atoms with Crippen LogP contribution in [0.15, 0.2) is 0 Å². The number of likely N-dealkylation sites (N-methyl/N-ethyl adjacent to an activating group) is 1. The van der Waals surface area contributed by atoms with Gasteiger partial charge in [-0.3, -0.25) is 9.80 Å². The number of hydrogen-bond donors (Lipinski definition) is 0. The number of likely N-dealkylation sites (tertiary alicyclic amines) is 2. The number of carbonyl (C=O) groups is 2. The number of hydrogen-bond acceptors (Lipinski definition) is 6. The Morgan fingerprint density at radius 1 is 1.00 bits per heavy atom. The lowest BCUT2D eigenvalue weighted by Crippen LogP contribution is -2.64. The van der Waals surface area contributed by atoms with Gasteiger partial charge in [0.25, 0.3) is 0 Å². The summed E-state index contributed by atoms with van der Waals surface area (Å²) in [5, 5.41) is 0. The van der Waals surface area contributed by atoms with Crippen LogP contribution >= 0.6 is 0 Å². The minimum Gasteiger partial charge on any atom is -0.438 e. The van der Waals surface area contributed by atoms with Crippen molar-refractivity contribution in [2.75, 3.05) is 59.4 Å². The Kier molecular flexibility index (Phi) is 3.50. The predicted octanol–water partition coefficient (Wildman–Crippen LogP) is 0.428. The van der Waals surface area contributed by atoms with Crippen LogP contribution in [-0.4, -0.2) is 108 Å². The maximum Gasteiger partial charge on any atom is 0.410 e. The number of amides is 2. The van der Waals surface area contributed by atoms with E-state index in [1.165, 1.54) is 0 Å². The molecule has 4 heterocycles. The Labute approximate surface area is 154 Å². The molecule has 4 aliphatic heterocycles. The molecule has 5 fully saturated rings. The highest BCUT2D eigenvalue weighted by Crippen LogP contribution is 2.44. The van der Waals surface area contributed by atoms with Gasteiger partial charge in [-0.25, -0.2) is 9.59 Å². The van der Waals surface area contributed by atoms with Gasteiger partial charge in [0, 0.05) is 45.8 Å². The van der Waals surface area contributed by atoms with Crippen LogP contribution < -0.4 is 0 Å². The lowest BCUT2D eigenvalue weighted by Gasteiger charge is -2.46. The highest BCUT2D eigenvalue weighted by molar-refractivity contribution is 5.71. The van der Waals surface area contributed by atoms with Crippen LogP contribution in [0, 0.1) is 5.92 Å². The molecule has 0 radical (unpaired) electrons. The minimum absolute atomic E-state index is 0.141. The standard InChI is InChI=1S/C18H28N4O4/c1-3-4-20-8-18(9-20)10-21(16(24)26-18)6-13-5-14(13)22-11-17(12-22)7-19(2)15(23)25-17/h13-14H,3-12H2,1-2H3. The van der Waals surface area contributed by atoms with Gasteiger partial charge in [0.2, 0.25) is 0 Å². The molecule has 8 heteroatoms. The van der Waals surface area contributed by atoms with E-state index in [-0.39, 0.29) is 23.4 Å². The summed E-state index contributed by atoms with van der Waals surface area (Å²) in [5.74, 6) is 0.525. The normalized spacial score (nSPS) is 34.8. The summed E-state index contributed by atoms with van der Waals surface area (Å²) in [7, 11) is 1.79. The van der Waals surface area contributed by atoms with Gasteiger partial charge >= 0.3 is 12.2 Å². The average Bonchev–Trinajstić information content (AvgIpc) is 3.10. The lowest BCUT2D eigenvalue weighted by molar-refractivity contribution is -0.0797. The molecule has 0 bridgehead atoms. The molecular weight excluding hydrogens is 336 g/mol. The predicted molar refractivity (Wildman–Crippen MR) is 92.8 cm³/mol. The average molecular weight is 364 g/mol. The van der Waals surface area contributed by atoms with E-state index < -0.39 is 0 Å². The Morgan fingerprint density at radius 2 is 1.69 bits per heavy atom. The van der Waals surface area contributed by atoms with Gasteiger partial charge in [-0.05, 0) is 25.3 Å². The van der Waals surface area contributed by atoms with Crippen LogP contribution in [0.3, 0.4) is 0 Å². The summed E-state index contributed by atoms with van der Waals surface area (Å²) in [4.78, 5) is 32.2. The Bertz CT molecular complexity index is 629. The first-order valence-corrected chi connectivity index (χ1v) is 9.79. The van der Waals surface area contributed by atoms with E-state index in [1.807, 2.05) is 4.90 Å². The smallest absolute Gasteiger partial charge is 0.410 e. The number of rotatable bonds is 5. The zero-order valence-electron chi connectivity index (χ0n) is 15.6. The van der Waals surface area contributed by atoms with E-state index >= 15 is 0 Å². The number of carbonyl (C=O) groups excluding carboxylic acids is 2. The second-order valence-electron chi connectivity index (χ2n) is 9.02. The van der Waals surface area contributed by atoms with E-state index in [9.17, 15) is 9.59 Å². The molecule has 0 aromatic carbocycles. The first-order chi connectivity index (χ1) is 12.4. The summed E-state index contributed by atoms with van der Waals surface area (Å²) in [6.07, 6.45) is 1.91. The zero-order chi connectivity index (χ0) is 18.1. The Morgan fingerprint density at radius 3 is 2.35 bits per heavy atom. The van der Waals surface area contributed by atoms with Gasteiger partial charge < -0.3 is 19.3 Å². The fraction of sp³-hybridized carbons (Fsp3) is 0.889. The Hall–Kier alpha value is -1.54. The van der Waals surface area contributed by atoms with Crippen molar-refractivity contribution in [1.29, 1.82) is 0 Å². The van der Waals surface area contributed by atoms with Gasteiger partial charge in [-0.1, -0.05) is 6.92 Å². The molecule has 26 heavy (non-hydrogen) atoms. The molecule has 2 unspecified atom stereocenters. The molecule has 0 N–H and O–H groups in total.